The molecule has 2 aromatic carbocycles. The Balaban J connectivity index is 1.38. The Morgan fingerprint density at radius 1 is 1.11 bits per heavy atom. The van der Waals surface area contributed by atoms with E-state index in [1.165, 1.54) is 31.2 Å². The summed E-state index contributed by atoms with van der Waals surface area (Å²) in [5, 5.41) is 15.7. The van der Waals surface area contributed by atoms with Crippen molar-refractivity contribution in [1.82, 2.24) is 19.6 Å². The molecule has 4 rings (SSSR count). The highest BCUT2D eigenvalue weighted by Gasteiger charge is 2.36. The number of aromatic nitrogens is 2. The summed E-state index contributed by atoms with van der Waals surface area (Å²) in [4.78, 5) is 15.9. The van der Waals surface area contributed by atoms with Gasteiger partial charge in [-0.1, -0.05) is 12.1 Å². The Kier molecular flexibility index (Phi) is 8.22. The van der Waals surface area contributed by atoms with E-state index < -0.39 is 5.60 Å². The van der Waals surface area contributed by atoms with Crippen LogP contribution < -0.4 is 9.47 Å². The average Bonchev–Trinajstić information content (AvgIpc) is 3.18. The Morgan fingerprint density at radius 3 is 2.64 bits per heavy atom. The molecule has 192 valence electrons. The van der Waals surface area contributed by atoms with Gasteiger partial charge in [-0.25, -0.2) is 4.39 Å². The quantitative estimate of drug-likeness (QED) is 0.491. The molecule has 36 heavy (non-hydrogen) atoms. The van der Waals surface area contributed by atoms with Crippen LogP contribution in [0.25, 0.3) is 0 Å². The Morgan fingerprint density at radius 2 is 1.92 bits per heavy atom. The lowest BCUT2D eigenvalue weighted by Crippen LogP contribution is -2.51. The smallest absolute Gasteiger partial charge is 0.219 e. The van der Waals surface area contributed by atoms with Crippen LogP contribution in [0.15, 0.2) is 60.9 Å². The van der Waals surface area contributed by atoms with Gasteiger partial charge in [0.25, 0.3) is 0 Å². The predicted octanol–water partition coefficient (Wildman–Crippen LogP) is 2.88. The van der Waals surface area contributed by atoms with Gasteiger partial charge < -0.3 is 19.5 Å². The molecule has 1 amide bonds. The summed E-state index contributed by atoms with van der Waals surface area (Å²) >= 11 is 0. The minimum Gasteiger partial charge on any atom is -0.492 e. The fourth-order valence-corrected chi connectivity index (χ4v) is 4.32. The number of hydrogen-bond acceptors (Lipinski definition) is 6. The SMILES string of the molecule is CC(=O)N1CCN(Cc2cccc(OCCn3cc(C)cn3)c2)C[C@](O)(COc2ccc(F)cc2)C1. The molecule has 3 aromatic rings. The van der Waals surface area contributed by atoms with Gasteiger partial charge in [-0.15, -0.1) is 0 Å². The number of halogens is 1. The zero-order valence-electron chi connectivity index (χ0n) is 20.8. The molecule has 1 aliphatic rings. The average molecular weight is 497 g/mol. The molecule has 2 heterocycles. The molecule has 0 spiro atoms. The van der Waals surface area contributed by atoms with Gasteiger partial charge in [0.15, 0.2) is 0 Å². The number of amides is 1. The topological polar surface area (TPSA) is 80.1 Å². The summed E-state index contributed by atoms with van der Waals surface area (Å²) in [5.41, 5.74) is 0.869. The van der Waals surface area contributed by atoms with Crippen molar-refractivity contribution in [3.8, 4) is 11.5 Å². The third-order valence-corrected chi connectivity index (χ3v) is 6.11. The second-order valence-electron chi connectivity index (χ2n) is 9.39. The highest BCUT2D eigenvalue weighted by Crippen LogP contribution is 2.21. The number of nitrogens with zero attached hydrogens (tertiary/aromatic N) is 4. The van der Waals surface area contributed by atoms with Crippen molar-refractivity contribution in [2.45, 2.75) is 32.5 Å². The summed E-state index contributed by atoms with van der Waals surface area (Å²) in [6.07, 6.45) is 3.80. The van der Waals surface area contributed by atoms with Gasteiger partial charge in [-0.2, -0.15) is 5.10 Å². The number of β-amino-alcohol motifs (C(OH)–C–C–N with tert-alkyl or cyclic N) is 1. The third kappa shape index (κ3) is 7.29. The van der Waals surface area contributed by atoms with Gasteiger partial charge in [0, 0.05) is 39.3 Å². The highest BCUT2D eigenvalue weighted by atomic mass is 19.1. The molecular formula is C27H33FN4O4. The number of ether oxygens (including phenoxy) is 2. The molecule has 0 unspecified atom stereocenters. The van der Waals surface area contributed by atoms with Crippen molar-refractivity contribution in [3.63, 3.8) is 0 Å². The first kappa shape index (κ1) is 25.7. The van der Waals surface area contributed by atoms with Crippen molar-refractivity contribution < 1.29 is 23.8 Å². The van der Waals surface area contributed by atoms with Gasteiger partial charge in [0.1, 0.15) is 36.1 Å². The maximum atomic E-state index is 13.2. The van der Waals surface area contributed by atoms with Crippen LogP contribution in [0.4, 0.5) is 4.39 Å². The lowest BCUT2D eigenvalue weighted by molar-refractivity contribution is -0.132. The fourth-order valence-electron chi connectivity index (χ4n) is 4.32. The monoisotopic (exact) mass is 496 g/mol. The lowest BCUT2D eigenvalue weighted by Gasteiger charge is -2.32. The highest BCUT2D eigenvalue weighted by molar-refractivity contribution is 5.73. The summed E-state index contributed by atoms with van der Waals surface area (Å²) in [6.45, 7) is 6.84. The van der Waals surface area contributed by atoms with E-state index in [1.54, 1.807) is 4.90 Å². The van der Waals surface area contributed by atoms with E-state index in [1.807, 2.05) is 48.3 Å². The number of benzene rings is 2. The van der Waals surface area contributed by atoms with Crippen LogP contribution in [0.3, 0.4) is 0 Å². The molecule has 0 radical (unpaired) electrons. The van der Waals surface area contributed by atoms with Crippen LogP contribution in [-0.2, 0) is 17.9 Å². The minimum atomic E-state index is -1.29. The molecule has 1 atom stereocenters. The van der Waals surface area contributed by atoms with E-state index in [0.29, 0.717) is 45.1 Å². The first-order valence-corrected chi connectivity index (χ1v) is 12.1. The number of aryl methyl sites for hydroxylation is 1. The Labute approximate surface area is 210 Å². The summed E-state index contributed by atoms with van der Waals surface area (Å²) in [7, 11) is 0. The first-order valence-electron chi connectivity index (χ1n) is 12.1. The van der Waals surface area contributed by atoms with Gasteiger partial charge in [0.05, 0.1) is 19.3 Å². The largest absolute Gasteiger partial charge is 0.492 e. The Bertz CT molecular complexity index is 1150. The second-order valence-corrected chi connectivity index (χ2v) is 9.39. The van der Waals surface area contributed by atoms with Gasteiger partial charge in [0.2, 0.25) is 5.91 Å². The van der Waals surface area contributed by atoms with Crippen molar-refractivity contribution in [3.05, 3.63) is 77.9 Å². The molecule has 8 nitrogen and oxygen atoms in total. The van der Waals surface area contributed by atoms with E-state index in [2.05, 4.69) is 10.00 Å². The van der Waals surface area contributed by atoms with Gasteiger partial charge in [-0.3, -0.25) is 14.4 Å². The van der Waals surface area contributed by atoms with Gasteiger partial charge >= 0.3 is 0 Å². The van der Waals surface area contributed by atoms with Crippen molar-refractivity contribution in [1.29, 1.82) is 0 Å². The molecule has 1 aromatic heterocycles. The number of carbonyl (C=O) groups is 1. The van der Waals surface area contributed by atoms with Gasteiger partial charge in [-0.05, 0) is 54.4 Å². The van der Waals surface area contributed by atoms with E-state index in [0.717, 1.165) is 16.9 Å². The zero-order valence-corrected chi connectivity index (χ0v) is 20.8. The molecule has 0 aliphatic carbocycles. The number of aliphatic hydroxyl groups is 1. The van der Waals surface area contributed by atoms with E-state index in [-0.39, 0.29) is 24.9 Å². The van der Waals surface area contributed by atoms with Crippen molar-refractivity contribution in [2.75, 3.05) is 39.4 Å². The predicted molar refractivity (Wildman–Crippen MR) is 133 cm³/mol. The van der Waals surface area contributed by atoms with Crippen LogP contribution in [0.2, 0.25) is 0 Å². The maximum Gasteiger partial charge on any atom is 0.219 e. The standard InChI is InChI=1S/C27H33FN4O4/c1-21-15-29-32(16-21)12-13-35-26-5-3-4-23(14-26)17-30-10-11-31(22(2)33)19-27(34,18-30)20-36-25-8-6-24(28)7-9-25/h3-9,14-16,34H,10-13,17-20H2,1-2H3/t27-/m1/s1. The van der Waals surface area contributed by atoms with Crippen LogP contribution in [-0.4, -0.2) is 75.6 Å². The normalized spacial score (nSPS) is 18.6. The van der Waals surface area contributed by atoms with Crippen molar-refractivity contribution in [2.24, 2.45) is 0 Å². The molecule has 1 aliphatic heterocycles. The molecule has 0 bridgehead atoms. The fraction of sp³-hybridized carbons (Fsp3) is 0.407. The van der Waals surface area contributed by atoms with E-state index >= 15 is 0 Å². The molecule has 1 saturated heterocycles. The van der Waals surface area contributed by atoms with Crippen LogP contribution in [0.5, 0.6) is 11.5 Å². The summed E-state index contributed by atoms with van der Waals surface area (Å²) in [6, 6.07) is 13.6. The third-order valence-electron chi connectivity index (χ3n) is 6.11. The number of rotatable bonds is 9. The molecule has 1 N–H and O–H groups in total. The first-order chi connectivity index (χ1) is 17.3. The zero-order chi connectivity index (χ0) is 25.5. The van der Waals surface area contributed by atoms with Crippen LogP contribution in [0, 0.1) is 12.7 Å². The molecule has 9 heteroatoms. The maximum absolute atomic E-state index is 13.2. The van der Waals surface area contributed by atoms with Crippen molar-refractivity contribution >= 4 is 5.91 Å². The number of hydrogen-bond donors (Lipinski definition) is 1. The van der Waals surface area contributed by atoms with E-state index in [4.69, 9.17) is 9.47 Å². The van der Waals surface area contributed by atoms with E-state index in [9.17, 15) is 14.3 Å². The molecular weight excluding hydrogens is 463 g/mol. The molecule has 0 saturated carbocycles. The van der Waals surface area contributed by atoms with Crippen LogP contribution in [0.1, 0.15) is 18.1 Å². The van der Waals surface area contributed by atoms with Crippen LogP contribution >= 0.6 is 0 Å². The minimum absolute atomic E-state index is 0.0189. The lowest BCUT2D eigenvalue weighted by atomic mass is 10.0. The summed E-state index contributed by atoms with van der Waals surface area (Å²) in [5.74, 6) is 0.781. The number of carbonyl (C=O) groups excluding carboxylic acids is 1. The molecule has 1 fully saturated rings. The Hall–Kier alpha value is -3.43. The second kappa shape index (κ2) is 11.5. The summed E-state index contributed by atoms with van der Waals surface area (Å²) < 4.78 is 26.8.